The van der Waals surface area contributed by atoms with Crippen molar-refractivity contribution < 1.29 is 19.1 Å². The van der Waals surface area contributed by atoms with Crippen LogP contribution in [-0.4, -0.2) is 39.3 Å². The first-order valence-corrected chi connectivity index (χ1v) is 10.6. The second-order valence-corrected chi connectivity index (χ2v) is 7.75. The largest absolute Gasteiger partial charge is 0.497 e. The van der Waals surface area contributed by atoms with E-state index in [9.17, 15) is 9.59 Å². The molecule has 2 aromatic carbocycles. The monoisotopic (exact) mass is 440 g/mol. The van der Waals surface area contributed by atoms with Crippen molar-refractivity contribution in [1.29, 1.82) is 0 Å². The Morgan fingerprint density at radius 3 is 2.32 bits per heavy atom. The normalized spacial score (nSPS) is 11.6. The molecule has 9 heteroatoms. The number of ketones is 1. The number of hydrogen-bond donors (Lipinski definition) is 1. The van der Waals surface area contributed by atoms with Gasteiger partial charge in [0.2, 0.25) is 5.91 Å². The van der Waals surface area contributed by atoms with E-state index in [4.69, 9.17) is 9.47 Å². The molecule has 1 atom stereocenters. The molecule has 0 aliphatic carbocycles. The predicted molar refractivity (Wildman–Crippen MR) is 119 cm³/mol. The number of carbonyl (C=O) groups excluding carboxylic acids is 2. The van der Waals surface area contributed by atoms with Crippen LogP contribution < -0.4 is 14.8 Å². The van der Waals surface area contributed by atoms with Gasteiger partial charge in [-0.25, -0.2) is 0 Å². The van der Waals surface area contributed by atoms with E-state index in [-0.39, 0.29) is 23.5 Å². The van der Waals surface area contributed by atoms with Gasteiger partial charge in [-0.3, -0.25) is 9.59 Å². The van der Waals surface area contributed by atoms with Gasteiger partial charge in [-0.2, -0.15) is 0 Å². The Morgan fingerprint density at radius 2 is 1.71 bits per heavy atom. The summed E-state index contributed by atoms with van der Waals surface area (Å²) in [5.74, 6) is 2.09. The lowest BCUT2D eigenvalue weighted by Crippen LogP contribution is -2.15. The minimum atomic E-state index is -0.325. The Morgan fingerprint density at radius 1 is 1.06 bits per heavy atom. The van der Waals surface area contributed by atoms with Gasteiger partial charge in [-0.15, -0.1) is 10.2 Å². The molecule has 0 bridgehead atoms. The highest BCUT2D eigenvalue weighted by Gasteiger charge is 2.18. The molecule has 8 nitrogen and oxygen atoms in total. The Kier molecular flexibility index (Phi) is 7.30. The summed E-state index contributed by atoms with van der Waals surface area (Å²) >= 11 is 1.28. The van der Waals surface area contributed by atoms with Crippen molar-refractivity contribution in [2.75, 3.05) is 18.2 Å². The van der Waals surface area contributed by atoms with E-state index >= 15 is 0 Å². The van der Waals surface area contributed by atoms with Crippen LogP contribution in [0.3, 0.4) is 0 Å². The molecule has 0 fully saturated rings. The van der Waals surface area contributed by atoms with Gasteiger partial charge >= 0.3 is 0 Å². The molecule has 1 N–H and O–H groups in total. The number of nitrogens with zero attached hydrogens (tertiary/aromatic N) is 3. The summed E-state index contributed by atoms with van der Waals surface area (Å²) in [6.45, 7) is 3.39. The molecule has 0 aliphatic heterocycles. The Balaban J connectivity index is 1.55. The molecular formula is C22H24N4O4S. The van der Waals surface area contributed by atoms with Crippen LogP contribution in [0.25, 0.3) is 0 Å². The molecule has 0 spiro atoms. The molecule has 3 rings (SSSR count). The molecule has 0 aliphatic rings. The van der Waals surface area contributed by atoms with E-state index in [2.05, 4.69) is 15.5 Å². The summed E-state index contributed by atoms with van der Waals surface area (Å²) in [6, 6.07) is 14.1. The maximum Gasteiger partial charge on any atom is 0.234 e. The van der Waals surface area contributed by atoms with E-state index in [1.165, 1.54) is 18.7 Å². The zero-order valence-electron chi connectivity index (χ0n) is 17.8. The van der Waals surface area contributed by atoms with Crippen LogP contribution in [-0.2, 0) is 11.8 Å². The standard InChI is InChI=1S/C22H24N4O4S/c1-14(27)16-5-7-17(8-6-16)23-20(28)13-31-22-25-24-21(26(22)3)15(2)30-19-11-9-18(29-4)10-12-19/h5-12,15H,13H2,1-4H3,(H,23,28). The fourth-order valence-electron chi connectivity index (χ4n) is 2.83. The molecule has 162 valence electrons. The second kappa shape index (κ2) is 10.1. The van der Waals surface area contributed by atoms with E-state index in [1.54, 1.807) is 31.4 Å². The number of hydrogen-bond acceptors (Lipinski definition) is 7. The Labute approximate surface area is 185 Å². The van der Waals surface area contributed by atoms with Crippen LogP contribution in [0.2, 0.25) is 0 Å². The molecular weight excluding hydrogens is 416 g/mol. The number of ether oxygens (including phenoxy) is 2. The first kappa shape index (κ1) is 22.4. The number of benzene rings is 2. The average molecular weight is 441 g/mol. The summed E-state index contributed by atoms with van der Waals surface area (Å²) in [4.78, 5) is 23.6. The summed E-state index contributed by atoms with van der Waals surface area (Å²) in [5.41, 5.74) is 1.24. The maximum atomic E-state index is 12.3. The molecule has 31 heavy (non-hydrogen) atoms. The molecule has 1 heterocycles. The van der Waals surface area contributed by atoms with Gasteiger partial charge < -0.3 is 19.4 Å². The molecule has 0 saturated heterocycles. The Bertz CT molecular complexity index is 1050. The van der Waals surface area contributed by atoms with E-state index < -0.39 is 0 Å². The molecule has 1 aromatic heterocycles. The van der Waals surface area contributed by atoms with Gasteiger partial charge in [0.15, 0.2) is 22.9 Å². The fraction of sp³-hybridized carbons (Fsp3) is 0.273. The second-order valence-electron chi connectivity index (χ2n) is 6.81. The number of nitrogens with one attached hydrogen (secondary N) is 1. The summed E-state index contributed by atoms with van der Waals surface area (Å²) in [7, 11) is 3.45. The van der Waals surface area contributed by atoms with Crippen LogP contribution in [0.1, 0.15) is 36.1 Å². The quantitative estimate of drug-likeness (QED) is 0.398. The van der Waals surface area contributed by atoms with Crippen molar-refractivity contribution in [3.8, 4) is 11.5 Å². The molecule has 1 amide bonds. The number of rotatable bonds is 9. The summed E-state index contributed by atoms with van der Waals surface area (Å²) in [6.07, 6.45) is -0.325. The number of amides is 1. The summed E-state index contributed by atoms with van der Waals surface area (Å²) < 4.78 is 12.9. The fourth-order valence-corrected chi connectivity index (χ4v) is 3.55. The zero-order valence-corrected chi connectivity index (χ0v) is 18.6. The van der Waals surface area contributed by atoms with Crippen molar-refractivity contribution in [3.05, 3.63) is 59.9 Å². The highest BCUT2D eigenvalue weighted by atomic mass is 32.2. The molecule has 3 aromatic rings. The highest BCUT2D eigenvalue weighted by Crippen LogP contribution is 2.25. The van der Waals surface area contributed by atoms with Gasteiger partial charge in [0, 0.05) is 18.3 Å². The van der Waals surface area contributed by atoms with Crippen LogP contribution in [0.4, 0.5) is 5.69 Å². The topological polar surface area (TPSA) is 95.3 Å². The third-order valence-electron chi connectivity index (χ3n) is 4.51. The van der Waals surface area contributed by atoms with Gasteiger partial charge in [0.1, 0.15) is 11.5 Å². The van der Waals surface area contributed by atoms with Gasteiger partial charge in [-0.1, -0.05) is 11.8 Å². The third-order valence-corrected chi connectivity index (χ3v) is 5.53. The van der Waals surface area contributed by atoms with Crippen molar-refractivity contribution in [2.45, 2.75) is 25.1 Å². The molecule has 1 unspecified atom stereocenters. The maximum absolute atomic E-state index is 12.3. The van der Waals surface area contributed by atoms with Gasteiger partial charge in [0.05, 0.1) is 12.9 Å². The van der Waals surface area contributed by atoms with Crippen LogP contribution in [0.15, 0.2) is 53.7 Å². The zero-order chi connectivity index (χ0) is 22.4. The lowest BCUT2D eigenvalue weighted by Gasteiger charge is -2.14. The minimum absolute atomic E-state index is 0.0169. The average Bonchev–Trinajstić information content (AvgIpc) is 3.13. The highest BCUT2D eigenvalue weighted by molar-refractivity contribution is 7.99. The van der Waals surface area contributed by atoms with Crippen LogP contribution in [0, 0.1) is 0 Å². The van der Waals surface area contributed by atoms with Gasteiger partial charge in [-0.05, 0) is 62.4 Å². The van der Waals surface area contributed by atoms with Crippen molar-refractivity contribution in [3.63, 3.8) is 0 Å². The van der Waals surface area contributed by atoms with Crippen molar-refractivity contribution in [2.24, 2.45) is 7.05 Å². The minimum Gasteiger partial charge on any atom is -0.497 e. The number of Topliss-reactive ketones (excluding diaryl/α,β-unsaturated/α-hetero) is 1. The number of aromatic nitrogens is 3. The van der Waals surface area contributed by atoms with Crippen LogP contribution >= 0.6 is 11.8 Å². The van der Waals surface area contributed by atoms with Crippen LogP contribution in [0.5, 0.6) is 11.5 Å². The smallest absolute Gasteiger partial charge is 0.234 e. The number of anilines is 1. The molecule has 0 saturated carbocycles. The summed E-state index contributed by atoms with van der Waals surface area (Å²) in [5, 5.41) is 11.8. The Hall–Kier alpha value is -3.33. The van der Waals surface area contributed by atoms with Gasteiger partial charge in [0.25, 0.3) is 0 Å². The van der Waals surface area contributed by atoms with E-state index in [1.807, 2.05) is 42.8 Å². The van der Waals surface area contributed by atoms with Crippen molar-refractivity contribution in [1.82, 2.24) is 14.8 Å². The number of thioether (sulfide) groups is 1. The first-order chi connectivity index (χ1) is 14.9. The van der Waals surface area contributed by atoms with Crippen molar-refractivity contribution >= 4 is 29.1 Å². The lowest BCUT2D eigenvalue weighted by molar-refractivity contribution is -0.113. The predicted octanol–water partition coefficient (Wildman–Crippen LogP) is 3.90. The molecule has 0 radical (unpaired) electrons. The number of carbonyl (C=O) groups is 2. The SMILES string of the molecule is COc1ccc(OC(C)c2nnc(SCC(=O)Nc3ccc(C(C)=O)cc3)n2C)cc1. The number of methoxy groups -OCH3 is 1. The third kappa shape index (κ3) is 5.85. The first-order valence-electron chi connectivity index (χ1n) is 9.61. The van der Waals surface area contributed by atoms with E-state index in [0.29, 0.717) is 28.0 Å². The van der Waals surface area contributed by atoms with E-state index in [0.717, 1.165) is 5.75 Å². The lowest BCUT2D eigenvalue weighted by atomic mass is 10.1.